The molecule has 28 heavy (non-hydrogen) atoms. The van der Waals surface area contributed by atoms with Gasteiger partial charge >= 0.3 is 0 Å². The Morgan fingerprint density at radius 2 is 1.82 bits per heavy atom. The highest BCUT2D eigenvalue weighted by Gasteiger charge is 2.29. The molecule has 2 aromatic carbocycles. The molecule has 2 rings (SSSR count). The van der Waals surface area contributed by atoms with Gasteiger partial charge in [-0.15, -0.1) is 0 Å². The third kappa shape index (κ3) is 5.69. The number of carbonyl (C=O) groups excluding carboxylic acids is 2. The minimum Gasteiger partial charge on any atom is -0.355 e. The standard InChI is InChI=1S/C21H23Cl2FN2O2/c1-3-19(21(28)25-4-2)26(13-15-9-10-16(22)12-17(15)23)20(27)11-14-7-5-6-8-18(14)24/h5-10,12,19H,3-4,11,13H2,1-2H3,(H,25,28)/t19-/m0/s1. The predicted octanol–water partition coefficient (Wildman–Crippen LogP) is 4.62. The summed E-state index contributed by atoms with van der Waals surface area (Å²) in [4.78, 5) is 27.1. The molecule has 0 aliphatic rings. The van der Waals surface area contributed by atoms with Crippen molar-refractivity contribution in [3.05, 3.63) is 69.5 Å². The van der Waals surface area contributed by atoms with E-state index in [-0.39, 0.29) is 30.3 Å². The minimum atomic E-state index is -0.689. The van der Waals surface area contributed by atoms with E-state index in [0.29, 0.717) is 28.6 Å². The van der Waals surface area contributed by atoms with Gasteiger partial charge in [0.05, 0.1) is 6.42 Å². The zero-order chi connectivity index (χ0) is 20.7. The van der Waals surface area contributed by atoms with Crippen molar-refractivity contribution in [1.82, 2.24) is 10.2 Å². The highest BCUT2D eigenvalue weighted by atomic mass is 35.5. The molecular weight excluding hydrogens is 402 g/mol. The van der Waals surface area contributed by atoms with Crippen molar-refractivity contribution in [3.8, 4) is 0 Å². The SMILES string of the molecule is CCNC(=O)[C@H](CC)N(Cc1ccc(Cl)cc1Cl)C(=O)Cc1ccccc1F. The molecule has 0 radical (unpaired) electrons. The fourth-order valence-corrected chi connectivity index (χ4v) is 3.42. The average Bonchev–Trinajstić information content (AvgIpc) is 2.65. The fraction of sp³-hybridized carbons (Fsp3) is 0.333. The average molecular weight is 425 g/mol. The molecule has 2 aromatic rings. The molecule has 150 valence electrons. The van der Waals surface area contributed by atoms with Crippen LogP contribution in [0.1, 0.15) is 31.4 Å². The lowest BCUT2D eigenvalue weighted by molar-refractivity contribution is -0.140. The van der Waals surface area contributed by atoms with Crippen LogP contribution in [0.4, 0.5) is 4.39 Å². The van der Waals surface area contributed by atoms with Crippen LogP contribution in [0.5, 0.6) is 0 Å². The Balaban J connectivity index is 2.35. The monoisotopic (exact) mass is 424 g/mol. The first-order valence-corrected chi connectivity index (χ1v) is 9.87. The Hall–Kier alpha value is -2.11. The van der Waals surface area contributed by atoms with Crippen LogP contribution in [-0.4, -0.2) is 29.3 Å². The minimum absolute atomic E-state index is 0.124. The maximum absolute atomic E-state index is 14.0. The molecule has 0 saturated carbocycles. The molecule has 0 spiro atoms. The summed E-state index contributed by atoms with van der Waals surface area (Å²) < 4.78 is 14.0. The number of hydrogen-bond acceptors (Lipinski definition) is 2. The van der Waals surface area contributed by atoms with Gasteiger partial charge < -0.3 is 10.2 Å². The van der Waals surface area contributed by atoms with Gasteiger partial charge in [0.15, 0.2) is 0 Å². The smallest absolute Gasteiger partial charge is 0.242 e. The van der Waals surface area contributed by atoms with E-state index in [4.69, 9.17) is 23.2 Å². The van der Waals surface area contributed by atoms with Crippen LogP contribution in [-0.2, 0) is 22.6 Å². The van der Waals surface area contributed by atoms with E-state index in [1.165, 1.54) is 11.0 Å². The molecule has 0 unspecified atom stereocenters. The van der Waals surface area contributed by atoms with Crippen LogP contribution in [0.2, 0.25) is 10.0 Å². The van der Waals surface area contributed by atoms with E-state index in [1.54, 1.807) is 36.4 Å². The van der Waals surface area contributed by atoms with E-state index in [2.05, 4.69) is 5.32 Å². The van der Waals surface area contributed by atoms with Gasteiger partial charge in [0.2, 0.25) is 11.8 Å². The molecule has 0 saturated heterocycles. The number of carbonyl (C=O) groups is 2. The van der Waals surface area contributed by atoms with Crippen molar-refractivity contribution in [2.24, 2.45) is 0 Å². The molecule has 0 bridgehead atoms. The summed E-state index contributed by atoms with van der Waals surface area (Å²) in [6.45, 7) is 4.21. The van der Waals surface area contributed by atoms with Crippen LogP contribution in [0.3, 0.4) is 0 Å². The van der Waals surface area contributed by atoms with Gasteiger partial charge in [-0.3, -0.25) is 9.59 Å². The third-order valence-corrected chi connectivity index (χ3v) is 4.98. The summed E-state index contributed by atoms with van der Waals surface area (Å²) in [5.74, 6) is -1.06. The molecule has 0 heterocycles. The summed E-state index contributed by atoms with van der Waals surface area (Å²) >= 11 is 12.2. The van der Waals surface area contributed by atoms with Gasteiger partial charge in [0.25, 0.3) is 0 Å². The first-order chi connectivity index (χ1) is 13.4. The van der Waals surface area contributed by atoms with Crippen molar-refractivity contribution in [2.75, 3.05) is 6.54 Å². The number of nitrogens with zero attached hydrogens (tertiary/aromatic N) is 1. The Bertz CT molecular complexity index is 845. The van der Waals surface area contributed by atoms with Crippen molar-refractivity contribution >= 4 is 35.0 Å². The van der Waals surface area contributed by atoms with Gasteiger partial charge in [-0.05, 0) is 42.7 Å². The molecule has 4 nitrogen and oxygen atoms in total. The third-order valence-electron chi connectivity index (χ3n) is 4.39. The first kappa shape index (κ1) is 22.2. The van der Waals surface area contributed by atoms with Crippen molar-refractivity contribution in [3.63, 3.8) is 0 Å². The number of halogens is 3. The van der Waals surface area contributed by atoms with Crippen LogP contribution < -0.4 is 5.32 Å². The Morgan fingerprint density at radius 3 is 2.43 bits per heavy atom. The Labute approximate surface area is 174 Å². The maximum Gasteiger partial charge on any atom is 0.242 e. The second kappa shape index (κ2) is 10.4. The number of benzene rings is 2. The number of likely N-dealkylation sites (N-methyl/N-ethyl adjacent to an activating group) is 1. The van der Waals surface area contributed by atoms with Gasteiger partial charge in [0, 0.05) is 23.1 Å². The zero-order valence-electron chi connectivity index (χ0n) is 15.8. The van der Waals surface area contributed by atoms with Crippen LogP contribution >= 0.6 is 23.2 Å². The molecule has 0 aliphatic carbocycles. The highest BCUT2D eigenvalue weighted by Crippen LogP contribution is 2.24. The van der Waals surface area contributed by atoms with Crippen LogP contribution in [0.15, 0.2) is 42.5 Å². The number of rotatable bonds is 8. The molecule has 7 heteroatoms. The van der Waals surface area contributed by atoms with Crippen molar-refractivity contribution in [2.45, 2.75) is 39.3 Å². The van der Waals surface area contributed by atoms with E-state index in [9.17, 15) is 14.0 Å². The number of amides is 2. The number of hydrogen-bond donors (Lipinski definition) is 1. The van der Waals surface area contributed by atoms with Gasteiger partial charge in [-0.25, -0.2) is 4.39 Å². The van der Waals surface area contributed by atoms with Crippen LogP contribution in [0, 0.1) is 5.82 Å². The lowest BCUT2D eigenvalue weighted by Gasteiger charge is -2.31. The van der Waals surface area contributed by atoms with Gasteiger partial charge in [0.1, 0.15) is 11.9 Å². The molecule has 2 amide bonds. The van der Waals surface area contributed by atoms with Crippen molar-refractivity contribution < 1.29 is 14.0 Å². The molecule has 0 aliphatic heterocycles. The van der Waals surface area contributed by atoms with E-state index < -0.39 is 11.9 Å². The summed E-state index contributed by atoms with van der Waals surface area (Å²) in [7, 11) is 0. The Kier molecular flexibility index (Phi) is 8.27. The second-order valence-electron chi connectivity index (χ2n) is 6.34. The fourth-order valence-electron chi connectivity index (χ4n) is 2.95. The van der Waals surface area contributed by atoms with Gasteiger partial charge in [-0.1, -0.05) is 54.4 Å². The molecule has 0 fully saturated rings. The van der Waals surface area contributed by atoms with E-state index in [1.807, 2.05) is 13.8 Å². The normalized spacial score (nSPS) is 11.8. The highest BCUT2D eigenvalue weighted by molar-refractivity contribution is 6.35. The van der Waals surface area contributed by atoms with E-state index >= 15 is 0 Å². The molecular formula is C21H23Cl2FN2O2. The topological polar surface area (TPSA) is 49.4 Å². The molecule has 0 aromatic heterocycles. The van der Waals surface area contributed by atoms with Crippen LogP contribution in [0.25, 0.3) is 0 Å². The lowest BCUT2D eigenvalue weighted by Crippen LogP contribution is -2.49. The Morgan fingerprint density at radius 1 is 1.11 bits per heavy atom. The summed E-state index contributed by atoms with van der Waals surface area (Å²) in [6, 6.07) is 10.4. The second-order valence-corrected chi connectivity index (χ2v) is 7.19. The first-order valence-electron chi connectivity index (χ1n) is 9.11. The summed E-state index contributed by atoms with van der Waals surface area (Å²) in [5.41, 5.74) is 0.946. The van der Waals surface area contributed by atoms with Crippen molar-refractivity contribution in [1.29, 1.82) is 0 Å². The molecule has 1 atom stereocenters. The predicted molar refractivity (Wildman–Crippen MR) is 110 cm³/mol. The van der Waals surface area contributed by atoms with E-state index in [0.717, 1.165) is 0 Å². The van der Waals surface area contributed by atoms with Gasteiger partial charge in [-0.2, -0.15) is 0 Å². The molecule has 1 N–H and O–H groups in total. The summed E-state index contributed by atoms with van der Waals surface area (Å²) in [5, 5.41) is 3.64. The maximum atomic E-state index is 14.0. The number of nitrogens with one attached hydrogen (secondary N) is 1. The summed E-state index contributed by atoms with van der Waals surface area (Å²) in [6.07, 6.45) is 0.272. The quantitative estimate of drug-likeness (QED) is 0.671. The largest absolute Gasteiger partial charge is 0.355 e. The lowest BCUT2D eigenvalue weighted by atomic mass is 10.1. The zero-order valence-corrected chi connectivity index (χ0v) is 17.4.